The number of hydrogen-bond acceptors (Lipinski definition) is 4. The van der Waals surface area contributed by atoms with Crippen LogP contribution in [0.4, 0.5) is 0 Å². The van der Waals surface area contributed by atoms with Crippen molar-refractivity contribution < 1.29 is 19.1 Å². The monoisotopic (exact) mass is 254 g/mol. The van der Waals surface area contributed by atoms with Crippen LogP contribution < -0.4 is 0 Å². The van der Waals surface area contributed by atoms with Gasteiger partial charge in [0.2, 0.25) is 0 Å². The lowest BCUT2D eigenvalue weighted by Crippen LogP contribution is -2.07. The van der Waals surface area contributed by atoms with Crippen LogP contribution >= 0.6 is 11.6 Å². The molecule has 0 N–H and O–H groups in total. The molecule has 5 heteroatoms. The molecule has 1 aromatic rings. The third-order valence-corrected chi connectivity index (χ3v) is 2.28. The molecule has 17 heavy (non-hydrogen) atoms. The fraction of sp³-hybridized carbons (Fsp3) is 0.167. The molecule has 0 spiro atoms. The molecule has 0 aliphatic rings. The van der Waals surface area contributed by atoms with Gasteiger partial charge in [0, 0.05) is 11.1 Å². The van der Waals surface area contributed by atoms with Gasteiger partial charge in [0.05, 0.1) is 19.8 Å². The van der Waals surface area contributed by atoms with Crippen LogP contribution in [0.2, 0.25) is 5.02 Å². The van der Waals surface area contributed by atoms with Crippen molar-refractivity contribution >= 4 is 29.1 Å². The van der Waals surface area contributed by atoms with E-state index < -0.39 is 11.9 Å². The van der Waals surface area contributed by atoms with E-state index in [0.29, 0.717) is 10.6 Å². The predicted octanol–water partition coefficient (Wildman–Crippen LogP) is 2.07. The van der Waals surface area contributed by atoms with Gasteiger partial charge < -0.3 is 9.47 Å². The Labute approximate surface area is 104 Å². The highest BCUT2D eigenvalue weighted by Crippen LogP contribution is 2.18. The summed E-state index contributed by atoms with van der Waals surface area (Å²) in [4.78, 5) is 22.7. The molecule has 0 saturated heterocycles. The highest BCUT2D eigenvalue weighted by atomic mass is 35.5. The zero-order chi connectivity index (χ0) is 12.8. The molecule has 0 unspecified atom stereocenters. The minimum absolute atomic E-state index is 0.121. The van der Waals surface area contributed by atoms with Crippen LogP contribution in [0.15, 0.2) is 30.3 Å². The van der Waals surface area contributed by atoms with Crippen molar-refractivity contribution in [2.75, 3.05) is 14.2 Å². The van der Waals surface area contributed by atoms with Crippen LogP contribution in [0.25, 0.3) is 5.57 Å². The summed E-state index contributed by atoms with van der Waals surface area (Å²) in [5.41, 5.74) is 0.655. The summed E-state index contributed by atoms with van der Waals surface area (Å²) in [6.45, 7) is 0. The molecular formula is C12H11ClO4. The summed E-state index contributed by atoms with van der Waals surface area (Å²) in [5, 5.41) is 0.538. The number of carbonyl (C=O) groups excluding carboxylic acids is 2. The van der Waals surface area contributed by atoms with Gasteiger partial charge in [-0.25, -0.2) is 9.59 Å². The summed E-state index contributed by atoms with van der Waals surface area (Å²) in [6, 6.07) is 6.47. The Morgan fingerprint density at radius 1 is 1.12 bits per heavy atom. The molecule has 4 nitrogen and oxygen atoms in total. The van der Waals surface area contributed by atoms with E-state index in [1.165, 1.54) is 14.2 Å². The molecule has 0 aliphatic carbocycles. The van der Waals surface area contributed by atoms with Crippen LogP contribution in [0.3, 0.4) is 0 Å². The molecule has 1 rings (SSSR count). The van der Waals surface area contributed by atoms with E-state index in [9.17, 15) is 9.59 Å². The fourth-order valence-corrected chi connectivity index (χ4v) is 1.30. The average molecular weight is 255 g/mol. The maximum absolute atomic E-state index is 11.5. The van der Waals surface area contributed by atoms with Gasteiger partial charge >= 0.3 is 11.9 Å². The zero-order valence-corrected chi connectivity index (χ0v) is 10.2. The molecular weight excluding hydrogens is 244 g/mol. The van der Waals surface area contributed by atoms with E-state index in [1.54, 1.807) is 24.3 Å². The first-order valence-electron chi connectivity index (χ1n) is 4.72. The van der Waals surface area contributed by atoms with Crippen LogP contribution in [-0.4, -0.2) is 26.2 Å². The van der Waals surface area contributed by atoms with Gasteiger partial charge in [-0.2, -0.15) is 0 Å². The van der Waals surface area contributed by atoms with Gasteiger partial charge in [0.15, 0.2) is 0 Å². The van der Waals surface area contributed by atoms with Crippen molar-refractivity contribution in [1.82, 2.24) is 0 Å². The third kappa shape index (κ3) is 3.60. The number of esters is 2. The number of hydrogen-bond donors (Lipinski definition) is 0. The van der Waals surface area contributed by atoms with Crippen LogP contribution in [-0.2, 0) is 19.1 Å². The Hall–Kier alpha value is -1.81. The molecule has 0 radical (unpaired) electrons. The van der Waals surface area contributed by atoms with E-state index in [4.69, 9.17) is 11.6 Å². The first kappa shape index (κ1) is 13.3. The Balaban J connectivity index is 3.15. The van der Waals surface area contributed by atoms with Crippen molar-refractivity contribution in [3.63, 3.8) is 0 Å². The lowest BCUT2D eigenvalue weighted by Gasteiger charge is -2.05. The van der Waals surface area contributed by atoms with E-state index in [0.717, 1.165) is 6.08 Å². The van der Waals surface area contributed by atoms with E-state index in [1.807, 2.05) is 0 Å². The molecule has 0 aliphatic heterocycles. The van der Waals surface area contributed by atoms with Gasteiger partial charge in [0.1, 0.15) is 0 Å². The summed E-state index contributed by atoms with van der Waals surface area (Å²) in [6.07, 6.45) is 1.08. The van der Waals surface area contributed by atoms with Gasteiger partial charge in [-0.15, -0.1) is 0 Å². The summed E-state index contributed by atoms with van der Waals surface area (Å²) >= 11 is 5.74. The van der Waals surface area contributed by atoms with Gasteiger partial charge in [-0.3, -0.25) is 0 Å². The van der Waals surface area contributed by atoms with Gasteiger partial charge in [0.25, 0.3) is 0 Å². The van der Waals surface area contributed by atoms with Crippen molar-refractivity contribution in [1.29, 1.82) is 0 Å². The first-order valence-corrected chi connectivity index (χ1v) is 5.10. The summed E-state index contributed by atoms with van der Waals surface area (Å²) < 4.78 is 9.07. The second-order valence-electron chi connectivity index (χ2n) is 3.08. The lowest BCUT2D eigenvalue weighted by atomic mass is 10.1. The number of ether oxygens (including phenoxy) is 2. The Kier molecular flexibility index (Phi) is 4.72. The minimum atomic E-state index is -0.625. The third-order valence-electron chi connectivity index (χ3n) is 2.02. The number of methoxy groups -OCH3 is 2. The maximum Gasteiger partial charge on any atom is 0.338 e. The van der Waals surface area contributed by atoms with Gasteiger partial charge in [-0.05, 0) is 17.7 Å². The van der Waals surface area contributed by atoms with Crippen LogP contribution in [0, 0.1) is 0 Å². The quantitative estimate of drug-likeness (QED) is 0.612. The van der Waals surface area contributed by atoms with Crippen molar-refractivity contribution in [2.24, 2.45) is 0 Å². The molecule has 0 bridgehead atoms. The SMILES string of the molecule is COC(=O)/C=C(/C(=O)OC)c1ccc(Cl)cc1. The second kappa shape index (κ2) is 6.06. The fourth-order valence-electron chi connectivity index (χ4n) is 1.18. The normalized spacial score (nSPS) is 10.9. The lowest BCUT2D eigenvalue weighted by molar-refractivity contribution is -0.136. The highest BCUT2D eigenvalue weighted by molar-refractivity contribution is 6.30. The van der Waals surface area contributed by atoms with Crippen LogP contribution in [0.5, 0.6) is 0 Å². The molecule has 1 aromatic carbocycles. The number of rotatable bonds is 3. The van der Waals surface area contributed by atoms with E-state index in [-0.39, 0.29) is 5.57 Å². The molecule has 0 heterocycles. The zero-order valence-electron chi connectivity index (χ0n) is 9.40. The standard InChI is InChI=1S/C12H11ClO4/c1-16-11(14)7-10(12(15)17-2)8-3-5-9(13)6-4-8/h3-7H,1-2H3/b10-7+. The number of carbonyl (C=O) groups is 2. The summed E-state index contributed by atoms with van der Waals surface area (Å²) in [5.74, 6) is -1.24. The number of benzene rings is 1. The molecule has 0 atom stereocenters. The molecule has 0 fully saturated rings. The predicted molar refractivity (Wildman–Crippen MR) is 63.5 cm³/mol. The molecule has 0 saturated carbocycles. The number of halogens is 1. The smallest absolute Gasteiger partial charge is 0.338 e. The van der Waals surface area contributed by atoms with E-state index in [2.05, 4.69) is 9.47 Å². The van der Waals surface area contributed by atoms with E-state index >= 15 is 0 Å². The summed E-state index contributed by atoms with van der Waals surface area (Å²) in [7, 11) is 2.47. The second-order valence-corrected chi connectivity index (χ2v) is 3.52. The average Bonchev–Trinajstić information content (AvgIpc) is 2.36. The topological polar surface area (TPSA) is 52.6 Å². The molecule has 0 aromatic heterocycles. The largest absolute Gasteiger partial charge is 0.466 e. The molecule has 90 valence electrons. The van der Waals surface area contributed by atoms with Crippen molar-refractivity contribution in [3.05, 3.63) is 40.9 Å². The van der Waals surface area contributed by atoms with Crippen molar-refractivity contribution in [2.45, 2.75) is 0 Å². The molecule has 0 amide bonds. The minimum Gasteiger partial charge on any atom is -0.466 e. The van der Waals surface area contributed by atoms with Gasteiger partial charge in [-0.1, -0.05) is 23.7 Å². The Bertz CT molecular complexity index is 448. The highest BCUT2D eigenvalue weighted by Gasteiger charge is 2.14. The first-order chi connectivity index (χ1) is 8.08. The Morgan fingerprint density at radius 3 is 2.18 bits per heavy atom. The van der Waals surface area contributed by atoms with Crippen LogP contribution in [0.1, 0.15) is 5.56 Å². The van der Waals surface area contributed by atoms with Crippen molar-refractivity contribution in [3.8, 4) is 0 Å². The Morgan fingerprint density at radius 2 is 1.71 bits per heavy atom. The maximum atomic E-state index is 11.5.